The molecule has 314 valence electrons. The molecule has 4 aromatic carbocycles. The maximum Gasteiger partial charge on any atom is 0.343 e. The molecule has 4 aromatic rings. The Bertz CT molecular complexity index is 2110. The van der Waals surface area contributed by atoms with Crippen LogP contribution in [0, 0.1) is 11.8 Å². The predicted molar refractivity (Wildman–Crippen MR) is 226 cm³/mol. The highest BCUT2D eigenvalue weighted by molar-refractivity contribution is 5.88. The van der Waals surface area contributed by atoms with Crippen molar-refractivity contribution in [1.29, 1.82) is 0 Å². The molecule has 6 aliphatic rings. The number of fused-ring (bicyclic) bond motifs is 2. The Balaban J connectivity index is 0.953. The molecule has 4 fully saturated rings. The smallest absolute Gasteiger partial charge is 0.343 e. The molecule has 0 amide bonds. The average Bonchev–Trinajstić information content (AvgIpc) is 3.26. The summed E-state index contributed by atoms with van der Waals surface area (Å²) in [5, 5.41) is 22.8. The molecule has 0 aromatic heterocycles. The number of hydrogen-bond donors (Lipinski definition) is 2. The Hall–Kier alpha value is -4.74. The van der Waals surface area contributed by atoms with Crippen LogP contribution in [0.15, 0.2) is 84.9 Å². The van der Waals surface area contributed by atoms with Crippen LogP contribution in [0.3, 0.4) is 0 Å². The minimum Gasteiger partial charge on any atom is -0.457 e. The SMILES string of the molecule is CN1CC[C@]23CCCC[C@H]2[C@H]1Cc1c(OC(=O)C(O)C(O)C(=O)Oc2cc(Oc4ccccc4)cc4c2C[C@@H]2[C@@H]5CCCC[C@]45CCN2C)cc(Oc2ccccc2)cc13. The number of esters is 2. The number of carbonyl (C=O) groups excluding carboxylic acids is 2. The van der Waals surface area contributed by atoms with Gasteiger partial charge in [-0.1, -0.05) is 62.1 Å². The highest BCUT2D eigenvalue weighted by Crippen LogP contribution is 2.59. The Morgan fingerprint density at radius 1 is 0.583 bits per heavy atom. The second-order valence-electron chi connectivity index (χ2n) is 18.5. The van der Waals surface area contributed by atoms with Gasteiger partial charge in [-0.3, -0.25) is 0 Å². The number of nitrogens with zero attached hydrogens (tertiary/aromatic N) is 2. The van der Waals surface area contributed by atoms with Gasteiger partial charge in [0.25, 0.3) is 0 Å². The topological polar surface area (TPSA) is 118 Å². The third-order valence-corrected chi connectivity index (χ3v) is 15.5. The number of ether oxygens (including phenoxy) is 4. The Kier molecular flexibility index (Phi) is 10.3. The van der Waals surface area contributed by atoms with Gasteiger partial charge >= 0.3 is 11.9 Å². The highest BCUT2D eigenvalue weighted by Gasteiger charge is 2.56. The van der Waals surface area contributed by atoms with E-state index in [1.54, 1.807) is 12.1 Å². The van der Waals surface area contributed by atoms with Gasteiger partial charge in [0, 0.05) is 46.2 Å². The van der Waals surface area contributed by atoms with Gasteiger partial charge in [0.15, 0.2) is 12.2 Å². The molecule has 2 N–H and O–H groups in total. The van der Waals surface area contributed by atoms with Gasteiger partial charge in [0.05, 0.1) is 0 Å². The number of aliphatic hydroxyl groups excluding tert-OH is 2. The van der Waals surface area contributed by atoms with Gasteiger partial charge in [0.1, 0.15) is 34.5 Å². The van der Waals surface area contributed by atoms with Crippen LogP contribution in [-0.2, 0) is 33.3 Å². The van der Waals surface area contributed by atoms with E-state index in [1.165, 1.54) is 12.8 Å². The summed E-state index contributed by atoms with van der Waals surface area (Å²) < 4.78 is 24.9. The van der Waals surface area contributed by atoms with Gasteiger partial charge in [0.2, 0.25) is 0 Å². The van der Waals surface area contributed by atoms with Crippen molar-refractivity contribution in [3.63, 3.8) is 0 Å². The lowest BCUT2D eigenvalue weighted by molar-refractivity contribution is -0.162. The number of likely N-dealkylation sites (tertiary alicyclic amines) is 2. The van der Waals surface area contributed by atoms with Crippen LogP contribution in [0.2, 0.25) is 0 Å². The number of para-hydroxylation sites is 2. The Labute approximate surface area is 352 Å². The molecule has 2 aliphatic heterocycles. The molecule has 2 heterocycles. The zero-order valence-electron chi connectivity index (χ0n) is 34.7. The number of hydrogen-bond acceptors (Lipinski definition) is 10. The quantitative estimate of drug-likeness (QED) is 0.128. The monoisotopic (exact) mass is 812 g/mol. The predicted octanol–water partition coefficient (Wildman–Crippen LogP) is 7.88. The molecule has 4 bridgehead atoms. The third kappa shape index (κ3) is 6.71. The number of rotatable bonds is 9. The van der Waals surface area contributed by atoms with Gasteiger partial charge in [-0.2, -0.15) is 0 Å². The van der Waals surface area contributed by atoms with Crippen molar-refractivity contribution >= 4 is 11.9 Å². The maximum absolute atomic E-state index is 14.0. The first-order chi connectivity index (χ1) is 29.1. The van der Waals surface area contributed by atoms with E-state index in [9.17, 15) is 19.8 Å². The van der Waals surface area contributed by atoms with E-state index in [2.05, 4.69) is 36.0 Å². The molecule has 10 heteroatoms. The molecular formula is C50H56N2O8. The van der Waals surface area contributed by atoms with E-state index >= 15 is 0 Å². The lowest BCUT2D eigenvalue weighted by Gasteiger charge is -2.58. The second kappa shape index (κ2) is 15.6. The van der Waals surface area contributed by atoms with E-state index in [0.717, 1.165) is 86.7 Å². The van der Waals surface area contributed by atoms with Gasteiger partial charge < -0.3 is 39.0 Å². The summed E-state index contributed by atoms with van der Waals surface area (Å²) in [4.78, 5) is 32.8. The van der Waals surface area contributed by atoms with Crippen LogP contribution >= 0.6 is 0 Å². The van der Waals surface area contributed by atoms with Crippen LogP contribution < -0.4 is 18.9 Å². The fourth-order valence-corrected chi connectivity index (χ4v) is 12.6. The van der Waals surface area contributed by atoms with Gasteiger partial charge in [-0.05, 0) is 138 Å². The van der Waals surface area contributed by atoms with Crippen molar-refractivity contribution in [3.8, 4) is 34.5 Å². The molecule has 60 heavy (non-hydrogen) atoms. The van der Waals surface area contributed by atoms with E-state index in [-0.39, 0.29) is 34.4 Å². The van der Waals surface area contributed by atoms with Crippen LogP contribution in [0.1, 0.15) is 86.5 Å². The molecule has 0 spiro atoms. The fourth-order valence-electron chi connectivity index (χ4n) is 12.6. The van der Waals surface area contributed by atoms with Crippen LogP contribution in [0.25, 0.3) is 0 Å². The number of benzene rings is 4. The van der Waals surface area contributed by atoms with Gasteiger partial charge in [-0.15, -0.1) is 0 Å². The van der Waals surface area contributed by atoms with E-state index in [0.29, 0.717) is 47.7 Å². The van der Waals surface area contributed by atoms with Crippen LogP contribution in [0.5, 0.6) is 34.5 Å². The molecule has 2 unspecified atom stereocenters. The highest BCUT2D eigenvalue weighted by atomic mass is 16.6. The minimum atomic E-state index is -2.20. The van der Waals surface area contributed by atoms with Crippen molar-refractivity contribution in [3.05, 3.63) is 107 Å². The zero-order chi connectivity index (χ0) is 41.2. The normalized spacial score (nSPS) is 29.1. The largest absolute Gasteiger partial charge is 0.457 e. The van der Waals surface area contributed by atoms with E-state index in [1.807, 2.05) is 60.7 Å². The Morgan fingerprint density at radius 2 is 1.00 bits per heavy atom. The van der Waals surface area contributed by atoms with Crippen LogP contribution in [-0.4, -0.2) is 83.4 Å². The van der Waals surface area contributed by atoms with Crippen LogP contribution in [0.4, 0.5) is 0 Å². The molecule has 4 aliphatic carbocycles. The first-order valence-corrected chi connectivity index (χ1v) is 22.1. The number of aliphatic hydroxyl groups is 2. The molecule has 2 saturated carbocycles. The van der Waals surface area contributed by atoms with Gasteiger partial charge in [-0.25, -0.2) is 9.59 Å². The van der Waals surface area contributed by atoms with E-state index in [4.69, 9.17) is 18.9 Å². The van der Waals surface area contributed by atoms with Crippen molar-refractivity contribution in [2.45, 2.75) is 112 Å². The van der Waals surface area contributed by atoms with Crippen molar-refractivity contribution in [1.82, 2.24) is 9.80 Å². The summed E-state index contributed by atoms with van der Waals surface area (Å²) in [6.45, 7) is 1.96. The maximum atomic E-state index is 14.0. The lowest BCUT2D eigenvalue weighted by Crippen LogP contribution is -2.59. The second-order valence-corrected chi connectivity index (χ2v) is 18.5. The third-order valence-electron chi connectivity index (χ3n) is 15.5. The lowest BCUT2D eigenvalue weighted by atomic mass is 9.52. The number of piperidine rings is 2. The molecule has 0 radical (unpaired) electrons. The summed E-state index contributed by atoms with van der Waals surface area (Å²) >= 11 is 0. The molecule has 8 atom stereocenters. The minimum absolute atomic E-state index is 0.0788. The van der Waals surface area contributed by atoms with Crippen molar-refractivity contribution in [2.75, 3.05) is 27.2 Å². The van der Waals surface area contributed by atoms with Crippen molar-refractivity contribution < 1.29 is 38.7 Å². The van der Waals surface area contributed by atoms with E-state index < -0.39 is 24.1 Å². The van der Waals surface area contributed by atoms with Crippen molar-refractivity contribution in [2.24, 2.45) is 11.8 Å². The Morgan fingerprint density at radius 3 is 1.42 bits per heavy atom. The zero-order valence-corrected chi connectivity index (χ0v) is 34.7. The standard InChI is InChI=1S/C50H56N2O8/c1-51-23-21-49-19-11-9-17-37(49)41(51)29-35-39(49)25-33(57-31-13-5-3-6-14-31)27-43(35)59-47(55)45(53)46(54)48(56)60-44-28-34(58-32-15-7-4-8-16-32)26-40-36(44)30-42-38-18-10-12-20-50(38,40)22-24-52(42)2/h3-8,13-16,25-28,37-38,41-42,45-46,53-54H,9-12,17-24,29-30H2,1-2H3/t37-,38-,41+,42+,45?,46?,49+,50+/m0/s1. The summed E-state index contributed by atoms with van der Waals surface area (Å²) in [7, 11) is 4.35. The summed E-state index contributed by atoms with van der Waals surface area (Å²) in [6.07, 6.45) is 7.96. The average molecular weight is 813 g/mol. The number of likely N-dealkylation sites (N-methyl/N-ethyl adjacent to an activating group) is 2. The summed E-state index contributed by atoms with van der Waals surface area (Å²) in [6, 6.07) is 27.2. The molecule has 10 rings (SSSR count). The first kappa shape index (κ1) is 39.4. The molecule has 2 saturated heterocycles. The first-order valence-electron chi connectivity index (χ1n) is 22.1. The summed E-state index contributed by atoms with van der Waals surface area (Å²) in [5.74, 6) is 1.60. The number of carbonyl (C=O) groups is 2. The fraction of sp³-hybridized carbons (Fsp3) is 0.480. The molecular weight excluding hydrogens is 757 g/mol. The summed E-state index contributed by atoms with van der Waals surface area (Å²) in [5.41, 5.74) is 3.95. The molecule has 10 nitrogen and oxygen atoms in total.